The average Bonchev–Trinajstić information content (AvgIpc) is 2.37. The van der Waals surface area contributed by atoms with Crippen molar-refractivity contribution in [2.45, 2.75) is 39.4 Å². The van der Waals surface area contributed by atoms with Crippen LogP contribution >= 0.6 is 0 Å². The van der Waals surface area contributed by atoms with E-state index in [0.717, 1.165) is 6.07 Å². The number of halogens is 3. The molecular weight excluding hydrogens is 285 g/mol. The fourth-order valence-corrected chi connectivity index (χ4v) is 1.80. The van der Waals surface area contributed by atoms with Gasteiger partial charge in [0.25, 0.3) is 0 Å². The molecule has 21 heavy (non-hydrogen) atoms. The predicted molar refractivity (Wildman–Crippen MR) is 75.1 cm³/mol. The summed E-state index contributed by atoms with van der Waals surface area (Å²) in [4.78, 5) is 7.48. The van der Waals surface area contributed by atoms with Crippen molar-refractivity contribution in [3.8, 4) is 0 Å². The fourth-order valence-electron chi connectivity index (χ4n) is 1.80. The standard InChI is InChI=1S/C13H21F3N4O/c1-4-17-12-19-10(13(14,15)16)7-11(20-12)18-9(5-6-21)8(2)3/h7-9,21H,4-6H2,1-3H3,(H2,17,18,19,20). The molecule has 5 nitrogen and oxygen atoms in total. The Kier molecular flexibility index (Phi) is 6.19. The summed E-state index contributed by atoms with van der Waals surface area (Å²) in [6.45, 7) is 5.96. The lowest BCUT2D eigenvalue weighted by Crippen LogP contribution is -2.28. The molecule has 8 heteroatoms. The quantitative estimate of drug-likeness (QED) is 0.722. The van der Waals surface area contributed by atoms with Crippen LogP contribution in [-0.4, -0.2) is 34.3 Å². The van der Waals surface area contributed by atoms with Gasteiger partial charge in [-0.1, -0.05) is 13.8 Å². The second-order valence-electron chi connectivity index (χ2n) is 5.00. The van der Waals surface area contributed by atoms with Crippen molar-refractivity contribution in [3.63, 3.8) is 0 Å². The molecule has 1 atom stereocenters. The highest BCUT2D eigenvalue weighted by atomic mass is 19.4. The highest BCUT2D eigenvalue weighted by molar-refractivity contribution is 5.44. The lowest BCUT2D eigenvalue weighted by atomic mass is 10.0. The molecule has 1 aromatic heterocycles. The van der Waals surface area contributed by atoms with Crippen molar-refractivity contribution in [1.82, 2.24) is 9.97 Å². The highest BCUT2D eigenvalue weighted by Gasteiger charge is 2.34. The number of rotatable bonds is 7. The van der Waals surface area contributed by atoms with Gasteiger partial charge in [-0.05, 0) is 19.3 Å². The number of aromatic nitrogens is 2. The van der Waals surface area contributed by atoms with Gasteiger partial charge in [0.1, 0.15) is 5.82 Å². The molecule has 0 saturated carbocycles. The monoisotopic (exact) mass is 306 g/mol. The minimum atomic E-state index is -4.53. The third-order valence-corrected chi connectivity index (χ3v) is 2.93. The predicted octanol–water partition coefficient (Wildman–Crippen LogP) is 2.75. The van der Waals surface area contributed by atoms with Crippen molar-refractivity contribution < 1.29 is 18.3 Å². The lowest BCUT2D eigenvalue weighted by molar-refractivity contribution is -0.141. The highest BCUT2D eigenvalue weighted by Crippen LogP contribution is 2.30. The maximum Gasteiger partial charge on any atom is 0.433 e. The molecule has 1 unspecified atom stereocenters. The number of aliphatic hydroxyl groups is 1. The van der Waals surface area contributed by atoms with Gasteiger partial charge in [-0.25, -0.2) is 4.98 Å². The number of aliphatic hydroxyl groups excluding tert-OH is 1. The molecule has 0 saturated heterocycles. The first-order valence-electron chi connectivity index (χ1n) is 6.85. The molecule has 0 aliphatic carbocycles. The zero-order valence-electron chi connectivity index (χ0n) is 12.3. The van der Waals surface area contributed by atoms with E-state index in [0.29, 0.717) is 13.0 Å². The van der Waals surface area contributed by atoms with Crippen LogP contribution in [0.2, 0.25) is 0 Å². The number of alkyl halides is 3. The Morgan fingerprint density at radius 1 is 1.29 bits per heavy atom. The topological polar surface area (TPSA) is 70.1 Å². The van der Waals surface area contributed by atoms with E-state index in [1.54, 1.807) is 6.92 Å². The number of nitrogens with zero attached hydrogens (tertiary/aromatic N) is 2. The Labute approximate surface area is 122 Å². The maximum absolute atomic E-state index is 12.8. The van der Waals surface area contributed by atoms with Crippen LogP contribution in [0.4, 0.5) is 24.9 Å². The molecule has 1 heterocycles. The first-order chi connectivity index (χ1) is 9.77. The van der Waals surface area contributed by atoms with Crippen LogP contribution in [0, 0.1) is 5.92 Å². The first-order valence-corrected chi connectivity index (χ1v) is 6.85. The van der Waals surface area contributed by atoms with Crippen molar-refractivity contribution in [2.75, 3.05) is 23.8 Å². The summed E-state index contributed by atoms with van der Waals surface area (Å²) in [5, 5.41) is 14.6. The van der Waals surface area contributed by atoms with Gasteiger partial charge in [-0.3, -0.25) is 0 Å². The van der Waals surface area contributed by atoms with Crippen molar-refractivity contribution in [2.24, 2.45) is 5.92 Å². The van der Waals surface area contributed by atoms with E-state index in [9.17, 15) is 13.2 Å². The zero-order valence-corrected chi connectivity index (χ0v) is 12.3. The fraction of sp³-hybridized carbons (Fsp3) is 0.692. The molecule has 0 amide bonds. The SMILES string of the molecule is CCNc1nc(NC(CCO)C(C)C)cc(C(F)(F)F)n1. The second kappa shape index (κ2) is 7.44. The summed E-state index contributed by atoms with van der Waals surface area (Å²) in [6.07, 6.45) is -4.10. The largest absolute Gasteiger partial charge is 0.433 e. The number of hydrogen-bond donors (Lipinski definition) is 3. The summed E-state index contributed by atoms with van der Waals surface area (Å²) >= 11 is 0. The Balaban J connectivity index is 3.07. The average molecular weight is 306 g/mol. The normalized spacial score (nSPS) is 13.3. The number of nitrogens with one attached hydrogen (secondary N) is 2. The van der Waals surface area contributed by atoms with Crippen LogP contribution < -0.4 is 10.6 Å². The van der Waals surface area contributed by atoms with Gasteiger partial charge in [0, 0.05) is 25.3 Å². The molecule has 0 fully saturated rings. The molecule has 0 aliphatic rings. The van der Waals surface area contributed by atoms with Crippen molar-refractivity contribution in [3.05, 3.63) is 11.8 Å². The van der Waals surface area contributed by atoms with Gasteiger partial charge in [0.15, 0.2) is 5.69 Å². The molecule has 3 N–H and O–H groups in total. The molecule has 0 radical (unpaired) electrons. The molecule has 1 aromatic rings. The van der Waals surface area contributed by atoms with Crippen LogP contribution in [0.25, 0.3) is 0 Å². The second-order valence-corrected chi connectivity index (χ2v) is 5.00. The van der Waals surface area contributed by atoms with Gasteiger partial charge in [0.05, 0.1) is 0 Å². The van der Waals surface area contributed by atoms with Crippen molar-refractivity contribution in [1.29, 1.82) is 0 Å². The summed E-state index contributed by atoms with van der Waals surface area (Å²) < 4.78 is 38.5. The zero-order chi connectivity index (χ0) is 16.0. The third kappa shape index (κ3) is 5.37. The smallest absolute Gasteiger partial charge is 0.396 e. The van der Waals surface area contributed by atoms with E-state index in [-0.39, 0.29) is 30.3 Å². The van der Waals surface area contributed by atoms with E-state index in [2.05, 4.69) is 20.6 Å². The third-order valence-electron chi connectivity index (χ3n) is 2.93. The lowest BCUT2D eigenvalue weighted by Gasteiger charge is -2.22. The van der Waals surface area contributed by atoms with Crippen LogP contribution in [0.3, 0.4) is 0 Å². The maximum atomic E-state index is 12.8. The van der Waals surface area contributed by atoms with Crippen molar-refractivity contribution >= 4 is 11.8 Å². The van der Waals surface area contributed by atoms with E-state index < -0.39 is 11.9 Å². The minimum Gasteiger partial charge on any atom is -0.396 e. The van der Waals surface area contributed by atoms with E-state index in [1.165, 1.54) is 0 Å². The molecule has 1 rings (SSSR count). The van der Waals surface area contributed by atoms with Crippen LogP contribution in [0.5, 0.6) is 0 Å². The molecule has 0 aromatic carbocycles. The summed E-state index contributed by atoms with van der Waals surface area (Å²) in [6, 6.07) is 0.716. The van der Waals surface area contributed by atoms with Gasteiger partial charge >= 0.3 is 6.18 Å². The molecule has 0 aliphatic heterocycles. The summed E-state index contributed by atoms with van der Waals surface area (Å²) in [7, 11) is 0. The van der Waals surface area contributed by atoms with E-state index in [1.807, 2.05) is 13.8 Å². The Bertz CT molecular complexity index is 452. The summed E-state index contributed by atoms with van der Waals surface area (Å²) in [5.41, 5.74) is -0.998. The van der Waals surface area contributed by atoms with Crippen LogP contribution in [0.15, 0.2) is 6.07 Å². The van der Waals surface area contributed by atoms with E-state index >= 15 is 0 Å². The van der Waals surface area contributed by atoms with Crippen LogP contribution in [0.1, 0.15) is 32.9 Å². The van der Waals surface area contributed by atoms with Crippen LogP contribution in [-0.2, 0) is 6.18 Å². The Hall–Kier alpha value is -1.57. The molecule has 120 valence electrons. The number of anilines is 2. The first kappa shape index (κ1) is 17.5. The number of hydrogen-bond acceptors (Lipinski definition) is 5. The Morgan fingerprint density at radius 3 is 2.43 bits per heavy atom. The summed E-state index contributed by atoms with van der Waals surface area (Å²) in [5.74, 6) is 0.172. The van der Waals surface area contributed by atoms with Gasteiger partial charge in [0.2, 0.25) is 5.95 Å². The van der Waals surface area contributed by atoms with E-state index in [4.69, 9.17) is 5.11 Å². The molecule has 0 bridgehead atoms. The van der Waals surface area contributed by atoms with Gasteiger partial charge in [-0.2, -0.15) is 18.2 Å². The van der Waals surface area contributed by atoms with Gasteiger partial charge in [-0.15, -0.1) is 0 Å². The molecular formula is C13H21F3N4O. The van der Waals surface area contributed by atoms with Gasteiger partial charge < -0.3 is 15.7 Å². The Morgan fingerprint density at radius 2 is 1.95 bits per heavy atom. The molecule has 0 spiro atoms. The minimum absolute atomic E-state index is 0.0485.